The molecular weight excluding hydrogens is 380 g/mol. The van der Waals surface area contributed by atoms with Gasteiger partial charge in [0.15, 0.2) is 0 Å². The lowest BCUT2D eigenvalue weighted by molar-refractivity contribution is -0.153. The minimum Gasteiger partial charge on any atom is -0.364 e. The van der Waals surface area contributed by atoms with Crippen molar-refractivity contribution in [2.75, 3.05) is 24.6 Å². The second-order valence-electron chi connectivity index (χ2n) is 6.71. The summed E-state index contributed by atoms with van der Waals surface area (Å²) in [4.78, 5) is 23.1. The number of hydrogen-bond acceptors (Lipinski definition) is 5. The van der Waals surface area contributed by atoms with E-state index in [4.69, 9.17) is 4.74 Å². The highest BCUT2D eigenvalue weighted by molar-refractivity contribution is 5.79. The topological polar surface area (TPSA) is 58.6 Å². The molecule has 2 saturated heterocycles. The Kier molecular flexibility index (Phi) is 4.66. The zero-order valence-corrected chi connectivity index (χ0v) is 14.6. The van der Waals surface area contributed by atoms with Crippen LogP contribution in [0.2, 0.25) is 0 Å². The molecule has 2 atom stereocenters. The highest BCUT2D eigenvalue weighted by atomic mass is 19.4. The number of hydrogen-bond donors (Lipinski definition) is 0. The molecule has 2 unspecified atom stereocenters. The predicted molar refractivity (Wildman–Crippen MR) is 89.7 cm³/mol. The van der Waals surface area contributed by atoms with Crippen molar-refractivity contribution in [3.63, 3.8) is 0 Å². The summed E-state index contributed by atoms with van der Waals surface area (Å²) in [6, 6.07) is 6.27. The van der Waals surface area contributed by atoms with E-state index in [2.05, 4.69) is 9.97 Å². The fourth-order valence-corrected chi connectivity index (χ4v) is 3.48. The van der Waals surface area contributed by atoms with Crippen LogP contribution < -0.4 is 4.90 Å². The van der Waals surface area contributed by atoms with Crippen molar-refractivity contribution in [1.82, 2.24) is 14.9 Å². The lowest BCUT2D eigenvalue weighted by atomic mass is 10.1. The maximum atomic E-state index is 13.1. The van der Waals surface area contributed by atoms with E-state index in [1.807, 2.05) is 0 Å². The second-order valence-corrected chi connectivity index (χ2v) is 6.71. The van der Waals surface area contributed by atoms with Gasteiger partial charge in [-0.25, -0.2) is 14.4 Å². The molecule has 28 heavy (non-hydrogen) atoms. The second kappa shape index (κ2) is 7.01. The van der Waals surface area contributed by atoms with Gasteiger partial charge >= 0.3 is 6.18 Å². The lowest BCUT2D eigenvalue weighted by Crippen LogP contribution is -2.53. The lowest BCUT2D eigenvalue weighted by Gasteiger charge is -2.36. The van der Waals surface area contributed by atoms with Crippen LogP contribution >= 0.6 is 0 Å². The minimum atomic E-state index is -4.56. The van der Waals surface area contributed by atoms with Crippen LogP contribution in [0.3, 0.4) is 0 Å². The molecule has 10 heteroatoms. The van der Waals surface area contributed by atoms with Gasteiger partial charge < -0.3 is 14.5 Å². The highest BCUT2D eigenvalue weighted by Crippen LogP contribution is 2.31. The predicted octanol–water partition coefficient (Wildman–Crippen LogP) is 2.25. The molecule has 3 heterocycles. The number of ether oxygens (including phenoxy) is 1. The molecular formula is C18H16F4N4O2. The number of fused-ring (bicyclic) bond motifs is 1. The number of carbonyl (C=O) groups is 1. The molecule has 0 radical (unpaired) electrons. The van der Waals surface area contributed by atoms with E-state index in [9.17, 15) is 22.4 Å². The van der Waals surface area contributed by atoms with E-state index in [0.717, 1.165) is 17.8 Å². The Balaban J connectivity index is 1.54. The van der Waals surface area contributed by atoms with E-state index < -0.39 is 11.9 Å². The van der Waals surface area contributed by atoms with Gasteiger partial charge in [-0.3, -0.25) is 4.79 Å². The van der Waals surface area contributed by atoms with E-state index >= 15 is 0 Å². The van der Waals surface area contributed by atoms with Gasteiger partial charge in [0.05, 0.1) is 12.1 Å². The molecule has 0 spiro atoms. The number of nitrogens with zero attached hydrogens (tertiary/aromatic N) is 4. The molecule has 0 aliphatic carbocycles. The van der Waals surface area contributed by atoms with Gasteiger partial charge in [-0.05, 0) is 23.8 Å². The number of alkyl halides is 3. The number of anilines is 1. The molecule has 2 fully saturated rings. The van der Waals surface area contributed by atoms with Gasteiger partial charge in [0, 0.05) is 25.8 Å². The van der Waals surface area contributed by atoms with Crippen LogP contribution in [0, 0.1) is 5.82 Å². The van der Waals surface area contributed by atoms with Crippen molar-refractivity contribution >= 4 is 11.9 Å². The van der Waals surface area contributed by atoms with Gasteiger partial charge in [-0.15, -0.1) is 0 Å². The van der Waals surface area contributed by atoms with Crippen LogP contribution in [-0.2, 0) is 22.3 Å². The van der Waals surface area contributed by atoms with Crippen LogP contribution in [0.4, 0.5) is 23.5 Å². The largest absolute Gasteiger partial charge is 0.433 e. The number of aromatic nitrogens is 2. The Labute approximate surface area is 157 Å². The Morgan fingerprint density at radius 2 is 1.89 bits per heavy atom. The molecule has 2 aromatic rings. The van der Waals surface area contributed by atoms with Crippen molar-refractivity contribution in [3.05, 3.63) is 53.6 Å². The van der Waals surface area contributed by atoms with Crippen molar-refractivity contribution in [1.29, 1.82) is 0 Å². The number of halogens is 4. The zero-order valence-electron chi connectivity index (χ0n) is 14.6. The summed E-state index contributed by atoms with van der Waals surface area (Å²) in [6.45, 7) is 0.679. The summed E-state index contributed by atoms with van der Waals surface area (Å²) in [7, 11) is 0. The van der Waals surface area contributed by atoms with Crippen molar-refractivity contribution < 1.29 is 27.1 Å². The average molecular weight is 396 g/mol. The fraction of sp³-hybridized carbons (Fsp3) is 0.389. The molecule has 1 amide bonds. The van der Waals surface area contributed by atoms with Gasteiger partial charge in [0.25, 0.3) is 0 Å². The van der Waals surface area contributed by atoms with Gasteiger partial charge in [0.2, 0.25) is 11.9 Å². The number of morpholine rings is 1. The van der Waals surface area contributed by atoms with E-state index in [0.29, 0.717) is 0 Å². The summed E-state index contributed by atoms with van der Waals surface area (Å²) in [6.07, 6.45) is -3.86. The zero-order chi connectivity index (χ0) is 19.9. The van der Waals surface area contributed by atoms with Crippen LogP contribution in [0.15, 0.2) is 36.5 Å². The fourth-order valence-electron chi connectivity index (χ4n) is 3.48. The third-order valence-corrected chi connectivity index (χ3v) is 4.86. The van der Waals surface area contributed by atoms with Gasteiger partial charge in [-0.1, -0.05) is 12.1 Å². The van der Waals surface area contributed by atoms with Gasteiger partial charge in [-0.2, -0.15) is 13.2 Å². The normalized spacial score (nSPS) is 22.5. The van der Waals surface area contributed by atoms with E-state index in [1.165, 1.54) is 12.1 Å². The first-order valence-electron chi connectivity index (χ1n) is 8.62. The number of rotatable bonds is 3. The Morgan fingerprint density at radius 3 is 2.61 bits per heavy atom. The van der Waals surface area contributed by atoms with E-state index in [1.54, 1.807) is 21.9 Å². The maximum Gasteiger partial charge on any atom is 0.433 e. The summed E-state index contributed by atoms with van der Waals surface area (Å²) >= 11 is 0. The van der Waals surface area contributed by atoms with E-state index in [-0.39, 0.29) is 56.1 Å². The third-order valence-electron chi connectivity index (χ3n) is 4.86. The Hall–Kier alpha value is -2.75. The quantitative estimate of drug-likeness (QED) is 0.745. The average Bonchev–Trinajstić information content (AvgIpc) is 3.10. The Morgan fingerprint density at radius 1 is 1.14 bits per heavy atom. The van der Waals surface area contributed by atoms with Gasteiger partial charge in [0.1, 0.15) is 18.1 Å². The van der Waals surface area contributed by atoms with Crippen molar-refractivity contribution in [2.24, 2.45) is 0 Å². The number of amides is 1. The monoisotopic (exact) mass is 396 g/mol. The molecule has 2 aliphatic heterocycles. The number of carbonyl (C=O) groups excluding carboxylic acids is 1. The maximum absolute atomic E-state index is 13.1. The molecule has 2 aliphatic rings. The molecule has 0 bridgehead atoms. The molecule has 1 aromatic heterocycles. The number of benzene rings is 1. The molecule has 0 saturated carbocycles. The standard InChI is InChI=1S/C18H16F4N4O2/c19-12-3-1-11(2-4-12)7-26-13-8-25(9-14(13)28-10-16(26)27)17-23-6-5-15(24-17)18(20,21)22/h1-6,13-14H,7-10H2. The van der Waals surface area contributed by atoms with Crippen LogP contribution in [-0.4, -0.2) is 52.6 Å². The first-order valence-corrected chi connectivity index (χ1v) is 8.62. The Bertz CT molecular complexity index is 875. The molecule has 4 rings (SSSR count). The summed E-state index contributed by atoms with van der Waals surface area (Å²) in [5, 5.41) is 0. The molecule has 1 aromatic carbocycles. The summed E-state index contributed by atoms with van der Waals surface area (Å²) in [5.74, 6) is -0.650. The first-order chi connectivity index (χ1) is 13.3. The molecule has 6 nitrogen and oxygen atoms in total. The van der Waals surface area contributed by atoms with Crippen molar-refractivity contribution in [3.8, 4) is 0 Å². The smallest absolute Gasteiger partial charge is 0.364 e. The van der Waals surface area contributed by atoms with Crippen molar-refractivity contribution in [2.45, 2.75) is 24.9 Å². The van der Waals surface area contributed by atoms with Crippen LogP contribution in [0.5, 0.6) is 0 Å². The summed E-state index contributed by atoms with van der Waals surface area (Å²) in [5.41, 5.74) is -0.267. The highest BCUT2D eigenvalue weighted by Gasteiger charge is 2.44. The summed E-state index contributed by atoms with van der Waals surface area (Å²) < 4.78 is 57.5. The van der Waals surface area contributed by atoms with Crippen LogP contribution in [0.1, 0.15) is 11.3 Å². The first kappa shape index (κ1) is 18.6. The molecule has 148 valence electrons. The minimum absolute atomic E-state index is 0.0537. The molecule has 0 N–H and O–H groups in total. The third kappa shape index (κ3) is 3.64. The van der Waals surface area contributed by atoms with Crippen LogP contribution in [0.25, 0.3) is 0 Å². The SMILES string of the molecule is O=C1COC2CN(c3nccc(C(F)(F)F)n3)CC2N1Cc1ccc(F)cc1.